The molecule has 1 aromatic heterocycles. The second kappa shape index (κ2) is 7.35. The van der Waals surface area contributed by atoms with E-state index in [4.69, 9.17) is 4.42 Å². The zero-order chi connectivity index (χ0) is 18.8. The third-order valence-corrected chi connectivity index (χ3v) is 5.40. The van der Waals surface area contributed by atoms with Crippen molar-refractivity contribution in [1.82, 2.24) is 15.1 Å². The number of amides is 1. The SMILES string of the molecule is Cc1nnc([C@H]2CC[C@@H](N(C)C(=O)c3ccc(-c4ccccc4)cc3)C2)o1. The molecule has 1 saturated carbocycles. The van der Waals surface area contributed by atoms with Crippen molar-refractivity contribution >= 4 is 5.91 Å². The van der Waals surface area contributed by atoms with Gasteiger partial charge < -0.3 is 9.32 Å². The van der Waals surface area contributed by atoms with Gasteiger partial charge in [-0.25, -0.2) is 0 Å². The summed E-state index contributed by atoms with van der Waals surface area (Å²) < 4.78 is 5.57. The maximum absolute atomic E-state index is 12.9. The first-order valence-corrected chi connectivity index (χ1v) is 9.34. The van der Waals surface area contributed by atoms with Crippen LogP contribution in [0.1, 0.15) is 47.3 Å². The highest BCUT2D eigenvalue weighted by molar-refractivity contribution is 5.94. The Hall–Kier alpha value is -2.95. The van der Waals surface area contributed by atoms with Gasteiger partial charge in [-0.2, -0.15) is 0 Å². The van der Waals surface area contributed by atoms with Crippen LogP contribution in [0.4, 0.5) is 0 Å². The van der Waals surface area contributed by atoms with Crippen LogP contribution in [0.25, 0.3) is 11.1 Å². The minimum absolute atomic E-state index is 0.0574. The molecule has 1 heterocycles. The van der Waals surface area contributed by atoms with E-state index in [0.29, 0.717) is 17.3 Å². The van der Waals surface area contributed by atoms with E-state index in [1.54, 1.807) is 6.92 Å². The number of hydrogen-bond donors (Lipinski definition) is 0. The number of aryl methyl sites for hydroxylation is 1. The van der Waals surface area contributed by atoms with Crippen molar-refractivity contribution in [2.75, 3.05) is 7.05 Å². The second-order valence-electron chi connectivity index (χ2n) is 7.18. The van der Waals surface area contributed by atoms with Crippen LogP contribution in [0, 0.1) is 6.92 Å². The smallest absolute Gasteiger partial charge is 0.253 e. The van der Waals surface area contributed by atoms with Gasteiger partial charge in [0.2, 0.25) is 11.8 Å². The Balaban J connectivity index is 1.43. The van der Waals surface area contributed by atoms with Crippen molar-refractivity contribution < 1.29 is 9.21 Å². The average Bonchev–Trinajstić information content (AvgIpc) is 3.37. The van der Waals surface area contributed by atoms with Crippen LogP contribution in [-0.2, 0) is 0 Å². The molecule has 0 unspecified atom stereocenters. The van der Waals surface area contributed by atoms with Gasteiger partial charge in [-0.1, -0.05) is 42.5 Å². The molecule has 1 amide bonds. The fraction of sp³-hybridized carbons (Fsp3) is 0.318. The van der Waals surface area contributed by atoms with E-state index in [2.05, 4.69) is 22.3 Å². The molecule has 0 aliphatic heterocycles. The standard InChI is InChI=1S/C22H23N3O2/c1-15-23-24-21(27-15)19-12-13-20(14-19)25(2)22(26)18-10-8-17(9-11-18)16-6-4-3-5-7-16/h3-11,19-20H,12-14H2,1-2H3/t19-,20+/m0/s1. The Morgan fingerprint density at radius 3 is 2.37 bits per heavy atom. The van der Waals surface area contributed by atoms with E-state index in [1.807, 2.05) is 54.4 Å². The topological polar surface area (TPSA) is 59.2 Å². The molecule has 2 atom stereocenters. The maximum Gasteiger partial charge on any atom is 0.253 e. The van der Waals surface area contributed by atoms with Gasteiger partial charge in [0.15, 0.2) is 0 Å². The summed E-state index contributed by atoms with van der Waals surface area (Å²) in [6.45, 7) is 1.80. The summed E-state index contributed by atoms with van der Waals surface area (Å²) >= 11 is 0. The monoisotopic (exact) mass is 361 g/mol. The highest BCUT2D eigenvalue weighted by Crippen LogP contribution is 2.36. The molecule has 4 rings (SSSR count). The Morgan fingerprint density at radius 1 is 1.00 bits per heavy atom. The predicted octanol–water partition coefficient (Wildman–Crippen LogP) is 4.45. The van der Waals surface area contributed by atoms with Crippen molar-refractivity contribution in [3.8, 4) is 11.1 Å². The largest absolute Gasteiger partial charge is 0.425 e. The van der Waals surface area contributed by atoms with E-state index in [1.165, 1.54) is 0 Å². The summed E-state index contributed by atoms with van der Waals surface area (Å²) in [6, 6.07) is 18.2. The van der Waals surface area contributed by atoms with Crippen LogP contribution < -0.4 is 0 Å². The fourth-order valence-corrected chi connectivity index (χ4v) is 3.82. The predicted molar refractivity (Wildman–Crippen MR) is 103 cm³/mol. The third-order valence-electron chi connectivity index (χ3n) is 5.40. The van der Waals surface area contributed by atoms with Crippen molar-refractivity contribution in [1.29, 1.82) is 0 Å². The van der Waals surface area contributed by atoms with Gasteiger partial charge >= 0.3 is 0 Å². The molecule has 0 radical (unpaired) electrons. The molecule has 1 aliphatic rings. The zero-order valence-corrected chi connectivity index (χ0v) is 15.6. The summed E-state index contributed by atoms with van der Waals surface area (Å²) in [5.41, 5.74) is 2.98. The van der Waals surface area contributed by atoms with Gasteiger partial charge in [-0.05, 0) is 42.5 Å². The molecular formula is C22H23N3O2. The molecule has 3 aromatic rings. The molecule has 5 nitrogen and oxygen atoms in total. The van der Waals surface area contributed by atoms with Gasteiger partial charge in [0.25, 0.3) is 5.91 Å². The molecule has 0 spiro atoms. The van der Waals surface area contributed by atoms with E-state index >= 15 is 0 Å². The van der Waals surface area contributed by atoms with Crippen LogP contribution in [0.5, 0.6) is 0 Å². The van der Waals surface area contributed by atoms with Gasteiger partial charge in [-0.3, -0.25) is 4.79 Å². The normalized spacial score (nSPS) is 19.2. The van der Waals surface area contributed by atoms with Gasteiger partial charge in [-0.15, -0.1) is 10.2 Å². The van der Waals surface area contributed by atoms with Gasteiger partial charge in [0, 0.05) is 31.5 Å². The first-order chi connectivity index (χ1) is 13.1. The molecular weight excluding hydrogens is 338 g/mol. The van der Waals surface area contributed by atoms with Crippen molar-refractivity contribution in [3.05, 3.63) is 71.9 Å². The average molecular weight is 361 g/mol. The first-order valence-electron chi connectivity index (χ1n) is 9.34. The summed E-state index contributed by atoms with van der Waals surface area (Å²) in [4.78, 5) is 14.8. The zero-order valence-electron chi connectivity index (χ0n) is 15.6. The van der Waals surface area contributed by atoms with Crippen LogP contribution in [0.15, 0.2) is 59.0 Å². The number of carbonyl (C=O) groups excluding carboxylic acids is 1. The molecule has 1 fully saturated rings. The molecule has 138 valence electrons. The first kappa shape index (κ1) is 17.5. The van der Waals surface area contributed by atoms with Crippen molar-refractivity contribution in [3.63, 3.8) is 0 Å². The lowest BCUT2D eigenvalue weighted by Gasteiger charge is -2.24. The van der Waals surface area contributed by atoms with Crippen LogP contribution in [0.3, 0.4) is 0 Å². The summed E-state index contributed by atoms with van der Waals surface area (Å²) in [6.07, 6.45) is 2.79. The van der Waals surface area contributed by atoms with E-state index in [9.17, 15) is 4.79 Å². The van der Waals surface area contributed by atoms with Crippen LogP contribution in [-0.4, -0.2) is 34.1 Å². The second-order valence-corrected chi connectivity index (χ2v) is 7.18. The van der Waals surface area contributed by atoms with E-state index in [-0.39, 0.29) is 17.9 Å². The number of nitrogens with zero attached hydrogens (tertiary/aromatic N) is 3. The number of benzene rings is 2. The van der Waals surface area contributed by atoms with Crippen LogP contribution in [0.2, 0.25) is 0 Å². The van der Waals surface area contributed by atoms with E-state index < -0.39 is 0 Å². The molecule has 0 N–H and O–H groups in total. The third kappa shape index (κ3) is 3.63. The van der Waals surface area contributed by atoms with Crippen molar-refractivity contribution in [2.24, 2.45) is 0 Å². The molecule has 2 aromatic carbocycles. The quantitative estimate of drug-likeness (QED) is 0.689. The lowest BCUT2D eigenvalue weighted by molar-refractivity contribution is 0.0733. The number of hydrogen-bond acceptors (Lipinski definition) is 4. The Morgan fingerprint density at radius 2 is 1.70 bits per heavy atom. The fourth-order valence-electron chi connectivity index (χ4n) is 3.82. The summed E-state index contributed by atoms with van der Waals surface area (Å²) in [7, 11) is 1.89. The van der Waals surface area contributed by atoms with Crippen LogP contribution >= 0.6 is 0 Å². The van der Waals surface area contributed by atoms with E-state index in [0.717, 1.165) is 30.4 Å². The molecule has 5 heteroatoms. The van der Waals surface area contributed by atoms with Gasteiger partial charge in [0.1, 0.15) is 0 Å². The molecule has 0 bridgehead atoms. The van der Waals surface area contributed by atoms with Crippen molar-refractivity contribution in [2.45, 2.75) is 38.1 Å². The molecule has 1 aliphatic carbocycles. The Bertz CT molecular complexity index is 918. The number of rotatable bonds is 4. The molecule has 0 saturated heterocycles. The molecule has 27 heavy (non-hydrogen) atoms. The number of carbonyl (C=O) groups is 1. The minimum Gasteiger partial charge on any atom is -0.425 e. The Kier molecular flexibility index (Phi) is 4.75. The Labute approximate surface area is 159 Å². The highest BCUT2D eigenvalue weighted by atomic mass is 16.4. The summed E-state index contributed by atoms with van der Waals surface area (Å²) in [5, 5.41) is 8.06. The lowest BCUT2D eigenvalue weighted by atomic mass is 10.0. The minimum atomic E-state index is 0.0574. The summed E-state index contributed by atoms with van der Waals surface area (Å²) in [5.74, 6) is 1.59. The highest BCUT2D eigenvalue weighted by Gasteiger charge is 2.33. The lowest BCUT2D eigenvalue weighted by Crippen LogP contribution is -2.35. The number of aromatic nitrogens is 2. The van der Waals surface area contributed by atoms with Gasteiger partial charge in [0.05, 0.1) is 0 Å². The maximum atomic E-state index is 12.9.